The van der Waals surface area contributed by atoms with Gasteiger partial charge in [0.15, 0.2) is 0 Å². The fourth-order valence-electron chi connectivity index (χ4n) is 1.92. The predicted octanol–water partition coefficient (Wildman–Crippen LogP) is 2.91. The van der Waals surface area contributed by atoms with Crippen molar-refractivity contribution in [1.29, 1.82) is 0 Å². The standard InChI is InChI=1S/C11H12.Y/c1-8-7-9(2)11-6-4-3-5-10(8)11;/h3-4,6,8-9H,1,7H2,2H3;/q-2;. The van der Waals surface area contributed by atoms with Crippen molar-refractivity contribution >= 4 is 0 Å². The van der Waals surface area contributed by atoms with E-state index in [1.54, 1.807) is 0 Å². The van der Waals surface area contributed by atoms with Gasteiger partial charge in [-0.05, 0) is 0 Å². The largest absolute Gasteiger partial charge is 0.338 e. The van der Waals surface area contributed by atoms with Crippen molar-refractivity contribution in [2.75, 3.05) is 0 Å². The van der Waals surface area contributed by atoms with E-state index in [0.29, 0.717) is 11.8 Å². The van der Waals surface area contributed by atoms with E-state index in [0.717, 1.165) is 0 Å². The van der Waals surface area contributed by atoms with E-state index in [1.165, 1.54) is 17.5 Å². The molecule has 0 spiro atoms. The number of fused-ring (bicyclic) bond motifs is 1. The second-order valence-electron chi connectivity index (χ2n) is 3.37. The van der Waals surface area contributed by atoms with Gasteiger partial charge in [0, 0.05) is 32.7 Å². The van der Waals surface area contributed by atoms with E-state index in [1.807, 2.05) is 6.07 Å². The Balaban J connectivity index is 0.000000720. The van der Waals surface area contributed by atoms with Crippen molar-refractivity contribution in [2.24, 2.45) is 0 Å². The summed E-state index contributed by atoms with van der Waals surface area (Å²) in [6.45, 7) is 6.36. The van der Waals surface area contributed by atoms with Crippen LogP contribution in [0.5, 0.6) is 0 Å². The molecule has 0 nitrogen and oxygen atoms in total. The normalized spacial score (nSPS) is 26.2. The Labute approximate surface area is 99.6 Å². The van der Waals surface area contributed by atoms with Crippen LogP contribution in [0.15, 0.2) is 18.2 Å². The quantitative estimate of drug-likeness (QED) is 0.604. The second kappa shape index (κ2) is 4.02. The van der Waals surface area contributed by atoms with E-state index >= 15 is 0 Å². The Bertz CT molecular complexity index is 240. The van der Waals surface area contributed by atoms with Gasteiger partial charge in [0.25, 0.3) is 0 Å². The van der Waals surface area contributed by atoms with Gasteiger partial charge in [-0.3, -0.25) is 0 Å². The molecule has 0 bridgehead atoms. The third-order valence-corrected chi connectivity index (χ3v) is 2.50. The molecule has 1 aromatic rings. The van der Waals surface area contributed by atoms with E-state index < -0.39 is 0 Å². The summed E-state index contributed by atoms with van der Waals surface area (Å²) >= 11 is 0. The van der Waals surface area contributed by atoms with Crippen LogP contribution in [-0.4, -0.2) is 0 Å². The van der Waals surface area contributed by atoms with Crippen LogP contribution >= 0.6 is 0 Å². The third-order valence-electron chi connectivity index (χ3n) is 2.50. The third kappa shape index (κ3) is 1.65. The van der Waals surface area contributed by atoms with Crippen molar-refractivity contribution in [3.63, 3.8) is 0 Å². The molecule has 1 aliphatic carbocycles. The molecule has 2 atom stereocenters. The van der Waals surface area contributed by atoms with E-state index in [4.69, 9.17) is 0 Å². The smallest absolute Gasteiger partial charge is 0 e. The molecule has 1 heteroatoms. The summed E-state index contributed by atoms with van der Waals surface area (Å²) in [5.41, 5.74) is 2.78. The van der Waals surface area contributed by atoms with Crippen LogP contribution in [0.3, 0.4) is 0 Å². The zero-order valence-electron chi connectivity index (χ0n) is 7.38. The van der Waals surface area contributed by atoms with Crippen LogP contribution in [0.4, 0.5) is 0 Å². The molecule has 61 valence electrons. The summed E-state index contributed by atoms with van der Waals surface area (Å²) in [6.07, 6.45) is 1.19. The Hall–Kier alpha value is 0.324. The summed E-state index contributed by atoms with van der Waals surface area (Å²) < 4.78 is 0. The molecule has 0 amide bonds. The predicted molar refractivity (Wildman–Crippen MR) is 46.4 cm³/mol. The second-order valence-corrected chi connectivity index (χ2v) is 3.37. The number of hydrogen-bond donors (Lipinski definition) is 0. The summed E-state index contributed by atoms with van der Waals surface area (Å²) in [6, 6.07) is 9.51. The first-order valence-electron chi connectivity index (χ1n) is 4.12. The molecule has 2 unspecified atom stereocenters. The molecule has 1 radical (unpaired) electrons. The summed E-state index contributed by atoms with van der Waals surface area (Å²) in [7, 11) is 0. The molecule has 0 saturated heterocycles. The van der Waals surface area contributed by atoms with Crippen molar-refractivity contribution in [3.05, 3.63) is 42.3 Å². The van der Waals surface area contributed by atoms with Gasteiger partial charge in [0.05, 0.1) is 0 Å². The minimum Gasteiger partial charge on any atom is -0.338 e. The summed E-state index contributed by atoms with van der Waals surface area (Å²) in [4.78, 5) is 0. The summed E-state index contributed by atoms with van der Waals surface area (Å²) in [5.74, 6) is 1.16. The molecule has 0 aromatic heterocycles. The first-order valence-corrected chi connectivity index (χ1v) is 4.12. The average Bonchev–Trinajstić information content (AvgIpc) is 2.30. The van der Waals surface area contributed by atoms with E-state index in [9.17, 15) is 0 Å². The zero-order chi connectivity index (χ0) is 7.84. The fraction of sp³-hybridized carbons (Fsp3) is 0.364. The average molecular weight is 233 g/mol. The number of benzene rings is 1. The van der Waals surface area contributed by atoms with Crippen LogP contribution in [-0.2, 0) is 32.7 Å². The fourth-order valence-corrected chi connectivity index (χ4v) is 1.92. The minimum absolute atomic E-state index is 0. The van der Waals surface area contributed by atoms with Gasteiger partial charge >= 0.3 is 0 Å². The molecule has 0 N–H and O–H groups in total. The van der Waals surface area contributed by atoms with Crippen LogP contribution in [0.2, 0.25) is 0 Å². The number of hydrogen-bond acceptors (Lipinski definition) is 0. The Morgan fingerprint density at radius 3 is 3.00 bits per heavy atom. The molecule has 0 heterocycles. The van der Waals surface area contributed by atoms with Gasteiger partial charge in [-0.1, -0.05) is 19.3 Å². The molecule has 1 aromatic carbocycles. The van der Waals surface area contributed by atoms with Crippen molar-refractivity contribution in [3.8, 4) is 0 Å². The Morgan fingerprint density at radius 2 is 2.33 bits per heavy atom. The molecule has 0 fully saturated rings. The van der Waals surface area contributed by atoms with Gasteiger partial charge in [-0.2, -0.15) is 41.3 Å². The van der Waals surface area contributed by atoms with Gasteiger partial charge in [0.1, 0.15) is 0 Å². The molecule has 1 aliphatic rings. The van der Waals surface area contributed by atoms with Crippen LogP contribution < -0.4 is 0 Å². The monoisotopic (exact) mass is 233 g/mol. The first kappa shape index (κ1) is 10.4. The van der Waals surface area contributed by atoms with Crippen molar-refractivity contribution in [1.82, 2.24) is 0 Å². The Kier molecular flexibility index (Phi) is 3.49. The van der Waals surface area contributed by atoms with E-state index in [2.05, 4.69) is 32.0 Å². The molecular weight excluding hydrogens is 221 g/mol. The minimum atomic E-state index is 0. The molecule has 0 saturated carbocycles. The SMILES string of the molecule is [CH2-]C1CC(C)c2ccc[c-]c21.[Y]. The van der Waals surface area contributed by atoms with Crippen LogP contribution in [0.25, 0.3) is 0 Å². The van der Waals surface area contributed by atoms with Gasteiger partial charge < -0.3 is 6.92 Å². The maximum Gasteiger partial charge on any atom is 0 e. The van der Waals surface area contributed by atoms with Gasteiger partial charge in [0.2, 0.25) is 0 Å². The molecule has 0 aliphatic heterocycles. The van der Waals surface area contributed by atoms with Crippen molar-refractivity contribution < 1.29 is 32.7 Å². The maximum atomic E-state index is 4.10. The Morgan fingerprint density at radius 1 is 1.58 bits per heavy atom. The van der Waals surface area contributed by atoms with Crippen molar-refractivity contribution in [2.45, 2.75) is 25.2 Å². The molecule has 2 rings (SSSR count). The summed E-state index contributed by atoms with van der Waals surface area (Å²) in [5, 5.41) is 0. The van der Waals surface area contributed by atoms with Crippen LogP contribution in [0, 0.1) is 13.0 Å². The van der Waals surface area contributed by atoms with E-state index in [-0.39, 0.29) is 32.7 Å². The van der Waals surface area contributed by atoms with Gasteiger partial charge in [-0.15, -0.1) is 0 Å². The maximum absolute atomic E-state index is 4.10. The first-order chi connectivity index (χ1) is 5.29. The number of rotatable bonds is 0. The topological polar surface area (TPSA) is 0 Å². The van der Waals surface area contributed by atoms with Crippen LogP contribution in [0.1, 0.15) is 36.3 Å². The zero-order valence-corrected chi connectivity index (χ0v) is 10.2. The molecular formula is C11H12Y-2. The van der Waals surface area contributed by atoms with Gasteiger partial charge in [-0.25, -0.2) is 0 Å². The molecule has 12 heavy (non-hydrogen) atoms.